The Hall–Kier alpha value is -1.39. The molecule has 19 heavy (non-hydrogen) atoms. The molecule has 1 N–H and O–H groups in total. The maximum atomic E-state index is 13.7. The van der Waals surface area contributed by atoms with Crippen molar-refractivity contribution in [2.75, 3.05) is 7.11 Å². The van der Waals surface area contributed by atoms with Crippen molar-refractivity contribution in [3.05, 3.63) is 52.0 Å². The fourth-order valence-electron chi connectivity index (χ4n) is 2.04. The van der Waals surface area contributed by atoms with Gasteiger partial charge in [0.25, 0.3) is 0 Å². The minimum absolute atomic E-state index is 0.0810. The molecule has 2 aromatic rings. The maximum Gasteiger partial charge on any atom is 0.165 e. The number of hydrogen-bond donors (Lipinski definition) is 1. The highest BCUT2D eigenvalue weighted by Gasteiger charge is 2.13. The summed E-state index contributed by atoms with van der Waals surface area (Å²) in [6.07, 6.45) is 0. The van der Waals surface area contributed by atoms with Crippen molar-refractivity contribution in [1.82, 2.24) is 5.32 Å². The number of nitrogens with one attached hydrogen (secondary N) is 1. The average Bonchev–Trinajstić information content (AvgIpc) is 2.92. The van der Waals surface area contributed by atoms with E-state index in [2.05, 4.69) is 23.7 Å². The predicted octanol–water partition coefficient (Wildman–Crippen LogP) is 4.31. The maximum absolute atomic E-state index is 13.7. The van der Waals surface area contributed by atoms with Crippen molar-refractivity contribution in [2.24, 2.45) is 0 Å². The van der Waals surface area contributed by atoms with E-state index in [0.29, 0.717) is 0 Å². The first-order valence-electron chi connectivity index (χ1n) is 6.24. The summed E-state index contributed by atoms with van der Waals surface area (Å²) in [6.45, 7) is 4.15. The summed E-state index contributed by atoms with van der Waals surface area (Å²) in [7, 11) is 1.47. The third-order valence-electron chi connectivity index (χ3n) is 3.15. The van der Waals surface area contributed by atoms with Crippen molar-refractivity contribution in [3.8, 4) is 5.75 Å². The van der Waals surface area contributed by atoms with E-state index in [9.17, 15) is 4.39 Å². The van der Waals surface area contributed by atoms with Crippen LogP contribution in [0.5, 0.6) is 5.75 Å². The van der Waals surface area contributed by atoms with Crippen LogP contribution < -0.4 is 10.1 Å². The van der Waals surface area contributed by atoms with Crippen molar-refractivity contribution >= 4 is 11.3 Å². The van der Waals surface area contributed by atoms with Crippen LogP contribution >= 0.6 is 11.3 Å². The smallest absolute Gasteiger partial charge is 0.165 e. The second-order valence-corrected chi connectivity index (χ2v) is 5.50. The number of rotatable bonds is 5. The standard InChI is InChI=1S/C15H18FNOS/c1-10(17-11(2)15-5-4-8-19-15)12-6-7-14(18-3)13(16)9-12/h4-11,17H,1-3H3/t10?,11-/m0/s1. The first-order valence-corrected chi connectivity index (χ1v) is 7.12. The summed E-state index contributed by atoms with van der Waals surface area (Å²) in [6, 6.07) is 9.55. The Morgan fingerprint density at radius 3 is 2.58 bits per heavy atom. The first kappa shape index (κ1) is 14.0. The average molecular weight is 279 g/mol. The lowest BCUT2D eigenvalue weighted by Crippen LogP contribution is -2.21. The molecule has 0 fully saturated rings. The molecule has 2 rings (SSSR count). The fourth-order valence-corrected chi connectivity index (χ4v) is 2.79. The van der Waals surface area contributed by atoms with Crippen molar-refractivity contribution < 1.29 is 9.13 Å². The third kappa shape index (κ3) is 3.33. The van der Waals surface area contributed by atoms with E-state index in [1.54, 1.807) is 17.4 Å². The topological polar surface area (TPSA) is 21.3 Å². The molecule has 0 bridgehead atoms. The van der Waals surface area contributed by atoms with Crippen LogP contribution in [0.2, 0.25) is 0 Å². The SMILES string of the molecule is COc1ccc(C(C)N[C@@H](C)c2cccs2)cc1F. The van der Waals surface area contributed by atoms with Crippen LogP contribution in [-0.4, -0.2) is 7.11 Å². The molecule has 0 aliphatic carbocycles. The van der Waals surface area contributed by atoms with Gasteiger partial charge >= 0.3 is 0 Å². The number of benzene rings is 1. The third-order valence-corrected chi connectivity index (χ3v) is 4.20. The van der Waals surface area contributed by atoms with Crippen LogP contribution in [0.25, 0.3) is 0 Å². The molecule has 1 aromatic heterocycles. The summed E-state index contributed by atoms with van der Waals surface area (Å²) in [5.41, 5.74) is 0.918. The second kappa shape index (κ2) is 6.17. The van der Waals surface area contributed by atoms with Gasteiger partial charge in [-0.05, 0) is 43.0 Å². The van der Waals surface area contributed by atoms with Gasteiger partial charge in [0.15, 0.2) is 11.6 Å². The molecule has 1 aromatic carbocycles. The lowest BCUT2D eigenvalue weighted by atomic mass is 10.1. The summed E-state index contributed by atoms with van der Waals surface area (Å²) in [5.74, 6) is -0.0420. The summed E-state index contributed by atoms with van der Waals surface area (Å²) >= 11 is 1.72. The van der Waals surface area contributed by atoms with Gasteiger partial charge in [0.1, 0.15) is 0 Å². The van der Waals surface area contributed by atoms with E-state index in [-0.39, 0.29) is 23.7 Å². The van der Waals surface area contributed by atoms with Crippen LogP contribution in [0.4, 0.5) is 4.39 Å². The van der Waals surface area contributed by atoms with Gasteiger partial charge in [-0.15, -0.1) is 11.3 Å². The van der Waals surface area contributed by atoms with E-state index < -0.39 is 0 Å². The molecule has 4 heteroatoms. The van der Waals surface area contributed by atoms with Crippen LogP contribution in [0.3, 0.4) is 0 Å². The molecule has 2 atom stereocenters. The van der Waals surface area contributed by atoms with E-state index >= 15 is 0 Å². The van der Waals surface area contributed by atoms with Crippen molar-refractivity contribution in [2.45, 2.75) is 25.9 Å². The Morgan fingerprint density at radius 1 is 1.21 bits per heavy atom. The largest absolute Gasteiger partial charge is 0.494 e. The van der Waals surface area contributed by atoms with Gasteiger partial charge in [0.05, 0.1) is 7.11 Å². The summed E-state index contributed by atoms with van der Waals surface area (Å²) in [5, 5.41) is 5.53. The zero-order valence-electron chi connectivity index (χ0n) is 11.3. The molecule has 2 nitrogen and oxygen atoms in total. The van der Waals surface area contributed by atoms with E-state index in [0.717, 1.165) is 5.56 Å². The van der Waals surface area contributed by atoms with Gasteiger partial charge in [-0.2, -0.15) is 0 Å². The second-order valence-electron chi connectivity index (χ2n) is 4.52. The number of methoxy groups -OCH3 is 1. The van der Waals surface area contributed by atoms with Crippen molar-refractivity contribution in [3.63, 3.8) is 0 Å². The summed E-state index contributed by atoms with van der Waals surface area (Å²) < 4.78 is 18.6. The Kier molecular flexibility index (Phi) is 4.56. The molecule has 0 aliphatic rings. The van der Waals surface area contributed by atoms with E-state index in [4.69, 9.17) is 4.74 Å². The van der Waals surface area contributed by atoms with Crippen LogP contribution in [0.1, 0.15) is 36.4 Å². The molecule has 102 valence electrons. The zero-order valence-corrected chi connectivity index (χ0v) is 12.1. The Labute approximate surface area is 117 Å². The van der Waals surface area contributed by atoms with Crippen LogP contribution in [0.15, 0.2) is 35.7 Å². The monoisotopic (exact) mass is 279 g/mol. The van der Waals surface area contributed by atoms with Crippen molar-refractivity contribution in [1.29, 1.82) is 0 Å². The minimum atomic E-state index is -0.322. The highest BCUT2D eigenvalue weighted by Crippen LogP contribution is 2.25. The van der Waals surface area contributed by atoms with Gasteiger partial charge in [-0.3, -0.25) is 0 Å². The molecule has 0 aliphatic heterocycles. The Bertz CT molecular complexity index is 527. The molecule has 1 unspecified atom stereocenters. The van der Waals surface area contributed by atoms with Gasteiger partial charge in [-0.1, -0.05) is 12.1 Å². The lowest BCUT2D eigenvalue weighted by molar-refractivity contribution is 0.385. The molecule has 0 saturated carbocycles. The predicted molar refractivity (Wildman–Crippen MR) is 77.2 cm³/mol. The van der Waals surface area contributed by atoms with Crippen LogP contribution in [-0.2, 0) is 0 Å². The Balaban J connectivity index is 2.07. The molecular weight excluding hydrogens is 261 g/mol. The van der Waals surface area contributed by atoms with E-state index in [1.807, 2.05) is 19.1 Å². The van der Waals surface area contributed by atoms with Gasteiger partial charge in [0, 0.05) is 17.0 Å². The zero-order chi connectivity index (χ0) is 13.8. The Morgan fingerprint density at radius 2 is 2.00 bits per heavy atom. The summed E-state index contributed by atoms with van der Waals surface area (Å²) in [4.78, 5) is 1.28. The molecule has 0 radical (unpaired) electrons. The quantitative estimate of drug-likeness (QED) is 0.880. The molecular formula is C15H18FNOS. The van der Waals surface area contributed by atoms with Gasteiger partial charge in [0.2, 0.25) is 0 Å². The number of thiophene rings is 1. The first-order chi connectivity index (χ1) is 9.11. The van der Waals surface area contributed by atoms with Gasteiger partial charge < -0.3 is 10.1 Å². The number of hydrogen-bond acceptors (Lipinski definition) is 3. The molecule has 0 amide bonds. The van der Waals surface area contributed by atoms with Gasteiger partial charge in [-0.25, -0.2) is 4.39 Å². The number of ether oxygens (including phenoxy) is 1. The van der Waals surface area contributed by atoms with E-state index in [1.165, 1.54) is 18.1 Å². The highest BCUT2D eigenvalue weighted by atomic mass is 32.1. The highest BCUT2D eigenvalue weighted by molar-refractivity contribution is 7.10. The van der Waals surface area contributed by atoms with Crippen LogP contribution in [0, 0.1) is 5.82 Å². The normalized spacial score (nSPS) is 14.1. The molecule has 0 saturated heterocycles. The lowest BCUT2D eigenvalue weighted by Gasteiger charge is -2.20. The number of halogens is 1. The molecule has 0 spiro atoms. The molecule has 1 heterocycles. The minimum Gasteiger partial charge on any atom is -0.494 e. The fraction of sp³-hybridized carbons (Fsp3) is 0.333.